The highest BCUT2D eigenvalue weighted by atomic mass is 19.1. The van der Waals surface area contributed by atoms with Gasteiger partial charge < -0.3 is 10.1 Å². The fraction of sp³-hybridized carbons (Fsp3) is 0.615. The molecule has 1 rings (SSSR count). The van der Waals surface area contributed by atoms with Crippen LogP contribution >= 0.6 is 0 Å². The van der Waals surface area contributed by atoms with Crippen LogP contribution in [0.3, 0.4) is 0 Å². The van der Waals surface area contributed by atoms with Crippen molar-refractivity contribution < 1.29 is 18.3 Å². The van der Waals surface area contributed by atoms with Gasteiger partial charge in [0.2, 0.25) is 0 Å². The van der Waals surface area contributed by atoms with Gasteiger partial charge in [0.1, 0.15) is 17.3 Å². The molecule has 0 saturated carbocycles. The maximum absolute atomic E-state index is 13.3. The van der Waals surface area contributed by atoms with Crippen LogP contribution in [-0.4, -0.2) is 18.2 Å². The molecule has 0 saturated heterocycles. The van der Waals surface area contributed by atoms with Crippen LogP contribution in [0.25, 0.3) is 0 Å². The molecule has 18 heavy (non-hydrogen) atoms. The third-order valence-corrected chi connectivity index (χ3v) is 2.61. The Morgan fingerprint density at radius 1 is 1.44 bits per heavy atom. The second kappa shape index (κ2) is 5.50. The number of alkyl carbamates (subject to hydrolysis) is 1. The van der Waals surface area contributed by atoms with Gasteiger partial charge in [-0.25, -0.2) is 13.6 Å². The number of rotatable bonds is 2. The Balaban J connectivity index is 2.50. The molecule has 1 N–H and O–H groups in total. The second-order valence-corrected chi connectivity index (χ2v) is 5.42. The fourth-order valence-electron chi connectivity index (χ4n) is 1.62. The Morgan fingerprint density at radius 2 is 2.06 bits per heavy atom. The zero-order valence-corrected chi connectivity index (χ0v) is 11.1. The van der Waals surface area contributed by atoms with Crippen molar-refractivity contribution in [3.8, 4) is 0 Å². The maximum Gasteiger partial charge on any atom is 0.407 e. The molecule has 0 fully saturated rings. The second-order valence-electron chi connectivity index (χ2n) is 5.42. The maximum atomic E-state index is 13.3. The molecule has 5 heteroatoms. The molecule has 3 nitrogen and oxygen atoms in total. The smallest absolute Gasteiger partial charge is 0.407 e. The van der Waals surface area contributed by atoms with Gasteiger partial charge in [-0.3, -0.25) is 0 Å². The van der Waals surface area contributed by atoms with Crippen molar-refractivity contribution in [2.75, 3.05) is 6.54 Å². The molecule has 2 atom stereocenters. The van der Waals surface area contributed by atoms with E-state index in [9.17, 15) is 13.6 Å². The monoisotopic (exact) mass is 259 g/mol. The quantitative estimate of drug-likeness (QED) is 0.824. The van der Waals surface area contributed by atoms with Gasteiger partial charge in [-0.1, -0.05) is 6.92 Å². The van der Waals surface area contributed by atoms with E-state index >= 15 is 0 Å². The van der Waals surface area contributed by atoms with E-state index in [2.05, 4.69) is 5.32 Å². The highest BCUT2D eigenvalue weighted by Gasteiger charge is 2.25. The van der Waals surface area contributed by atoms with Gasteiger partial charge in [-0.2, -0.15) is 0 Å². The largest absolute Gasteiger partial charge is 0.444 e. The Labute approximate surface area is 106 Å². The average molecular weight is 259 g/mol. The lowest BCUT2D eigenvalue weighted by Gasteiger charge is -2.24. The molecule has 0 heterocycles. The minimum absolute atomic E-state index is 0.144. The van der Waals surface area contributed by atoms with Crippen molar-refractivity contribution in [1.29, 1.82) is 0 Å². The first-order valence-corrected chi connectivity index (χ1v) is 5.90. The molecule has 2 unspecified atom stereocenters. The Bertz CT molecular complexity index is 383. The standard InChI is InChI=1S/C13H19F2NO2/c1-8-9(5-10(14)6-11(8)15)7-16-12(17)18-13(2,3)4/h5-6,8-9H,7H2,1-4H3,(H,16,17). The molecule has 102 valence electrons. The minimum Gasteiger partial charge on any atom is -0.444 e. The van der Waals surface area contributed by atoms with Crippen molar-refractivity contribution >= 4 is 6.09 Å². The van der Waals surface area contributed by atoms with Crippen LogP contribution in [0.15, 0.2) is 23.8 Å². The lowest BCUT2D eigenvalue weighted by atomic mass is 9.88. The number of carbonyl (C=O) groups is 1. The van der Waals surface area contributed by atoms with Crippen LogP contribution in [-0.2, 0) is 4.74 Å². The number of allylic oxidation sites excluding steroid dienone is 3. The van der Waals surface area contributed by atoms with E-state index in [1.807, 2.05) is 0 Å². The first-order chi connectivity index (χ1) is 8.19. The van der Waals surface area contributed by atoms with E-state index < -0.39 is 35.2 Å². The Morgan fingerprint density at radius 3 is 2.61 bits per heavy atom. The fourth-order valence-corrected chi connectivity index (χ4v) is 1.62. The van der Waals surface area contributed by atoms with Crippen LogP contribution in [0.2, 0.25) is 0 Å². The van der Waals surface area contributed by atoms with Gasteiger partial charge in [0, 0.05) is 24.5 Å². The van der Waals surface area contributed by atoms with E-state index in [4.69, 9.17) is 4.74 Å². The lowest BCUT2D eigenvalue weighted by molar-refractivity contribution is 0.0518. The summed E-state index contributed by atoms with van der Waals surface area (Å²) in [6, 6.07) is 0. The molecule has 1 amide bonds. The van der Waals surface area contributed by atoms with Crippen LogP contribution in [0.4, 0.5) is 13.6 Å². The van der Waals surface area contributed by atoms with Crippen LogP contribution in [0, 0.1) is 11.8 Å². The van der Waals surface area contributed by atoms with E-state index in [1.165, 1.54) is 6.08 Å². The normalized spacial score (nSPS) is 24.1. The lowest BCUT2D eigenvalue weighted by Crippen LogP contribution is -2.36. The third-order valence-electron chi connectivity index (χ3n) is 2.61. The summed E-state index contributed by atoms with van der Waals surface area (Å²) in [5.74, 6) is -1.96. The number of halogens is 2. The highest BCUT2D eigenvalue weighted by molar-refractivity contribution is 5.67. The van der Waals surface area contributed by atoms with E-state index in [-0.39, 0.29) is 6.54 Å². The summed E-state index contributed by atoms with van der Waals surface area (Å²) >= 11 is 0. The predicted octanol–water partition coefficient (Wildman–Crippen LogP) is 3.48. The van der Waals surface area contributed by atoms with Gasteiger partial charge in [0.25, 0.3) is 0 Å². The van der Waals surface area contributed by atoms with E-state index in [0.29, 0.717) is 0 Å². The third kappa shape index (κ3) is 4.47. The van der Waals surface area contributed by atoms with Crippen molar-refractivity contribution in [2.24, 2.45) is 11.8 Å². The van der Waals surface area contributed by atoms with Gasteiger partial charge in [-0.05, 0) is 26.8 Å². The van der Waals surface area contributed by atoms with Crippen molar-refractivity contribution in [3.05, 3.63) is 23.8 Å². The van der Waals surface area contributed by atoms with Gasteiger partial charge in [-0.15, -0.1) is 0 Å². The van der Waals surface area contributed by atoms with Crippen molar-refractivity contribution in [2.45, 2.75) is 33.3 Å². The van der Waals surface area contributed by atoms with Crippen molar-refractivity contribution in [1.82, 2.24) is 5.32 Å². The first kappa shape index (κ1) is 14.7. The summed E-state index contributed by atoms with van der Waals surface area (Å²) in [7, 11) is 0. The van der Waals surface area contributed by atoms with Crippen LogP contribution in [0.5, 0.6) is 0 Å². The van der Waals surface area contributed by atoms with Gasteiger partial charge in [0.05, 0.1) is 0 Å². The molecule has 0 bridgehead atoms. The molecule has 0 aromatic heterocycles. The number of ether oxygens (including phenoxy) is 1. The Kier molecular flexibility index (Phi) is 4.48. The molecular formula is C13H19F2NO2. The molecule has 1 aliphatic rings. The number of carbonyl (C=O) groups excluding carboxylic acids is 1. The average Bonchev–Trinajstić information content (AvgIpc) is 2.18. The van der Waals surface area contributed by atoms with Crippen molar-refractivity contribution in [3.63, 3.8) is 0 Å². The number of hydrogen-bond acceptors (Lipinski definition) is 2. The number of amides is 1. The topological polar surface area (TPSA) is 38.3 Å². The predicted molar refractivity (Wildman–Crippen MR) is 65.3 cm³/mol. The Hall–Kier alpha value is -1.39. The minimum atomic E-state index is -0.610. The highest BCUT2D eigenvalue weighted by Crippen LogP contribution is 2.29. The van der Waals surface area contributed by atoms with Crippen LogP contribution < -0.4 is 5.32 Å². The SMILES string of the molecule is CC1C(F)=CC(F)=CC1CNC(=O)OC(C)(C)C. The molecule has 0 aromatic rings. The summed E-state index contributed by atoms with van der Waals surface area (Å²) in [5, 5.41) is 2.51. The van der Waals surface area contributed by atoms with Gasteiger partial charge in [0.15, 0.2) is 0 Å². The first-order valence-electron chi connectivity index (χ1n) is 5.90. The van der Waals surface area contributed by atoms with Crippen LogP contribution in [0.1, 0.15) is 27.7 Å². The summed E-state index contributed by atoms with van der Waals surface area (Å²) in [4.78, 5) is 11.4. The van der Waals surface area contributed by atoms with Gasteiger partial charge >= 0.3 is 6.09 Å². The zero-order chi connectivity index (χ0) is 13.9. The molecule has 0 aliphatic heterocycles. The van der Waals surface area contributed by atoms with E-state index in [0.717, 1.165) is 6.08 Å². The summed E-state index contributed by atoms with van der Waals surface area (Å²) in [6.45, 7) is 7.04. The molecule has 1 aliphatic carbocycles. The summed E-state index contributed by atoms with van der Waals surface area (Å²) in [5.41, 5.74) is -0.589. The van der Waals surface area contributed by atoms with E-state index in [1.54, 1.807) is 27.7 Å². The molecule has 0 aromatic carbocycles. The summed E-state index contributed by atoms with van der Waals surface area (Å²) < 4.78 is 31.4. The number of nitrogens with one attached hydrogen (secondary N) is 1. The molecule has 0 spiro atoms. The molecular weight excluding hydrogens is 240 g/mol. The number of hydrogen-bond donors (Lipinski definition) is 1. The zero-order valence-electron chi connectivity index (χ0n) is 11.1. The summed E-state index contributed by atoms with van der Waals surface area (Å²) in [6.07, 6.45) is 1.60. The molecule has 0 radical (unpaired) electrons.